The van der Waals surface area contributed by atoms with Gasteiger partial charge in [0, 0.05) is 17.6 Å². The summed E-state index contributed by atoms with van der Waals surface area (Å²) in [6.07, 6.45) is 0. The third kappa shape index (κ3) is 5.27. The van der Waals surface area contributed by atoms with E-state index in [0.717, 1.165) is 9.91 Å². The number of aliphatic carboxylic acids is 1. The molecule has 0 aliphatic carbocycles. The van der Waals surface area contributed by atoms with Crippen LogP contribution in [0.1, 0.15) is 21.3 Å². The number of hydrogen-bond donors (Lipinski definition) is 2. The van der Waals surface area contributed by atoms with E-state index in [1.165, 1.54) is 47.0 Å². The summed E-state index contributed by atoms with van der Waals surface area (Å²) in [5, 5.41) is 20.3. The largest absolute Gasteiger partial charge is 0.479 e. The summed E-state index contributed by atoms with van der Waals surface area (Å²) >= 11 is 3.97. The monoisotopic (exact) mass is 616 g/mol. The molecule has 2 aliphatic rings. The maximum Gasteiger partial charge on any atom is 0.352 e. The van der Waals surface area contributed by atoms with Crippen LogP contribution in [0.4, 0.5) is 17.6 Å². The Labute approximate surface area is 234 Å². The summed E-state index contributed by atoms with van der Waals surface area (Å²) in [5.74, 6) is -10.5. The quantitative estimate of drug-likeness (QED) is 0.159. The van der Waals surface area contributed by atoms with Gasteiger partial charge in [0.1, 0.15) is 34.5 Å². The molecule has 3 aromatic rings. The van der Waals surface area contributed by atoms with Crippen LogP contribution < -0.4 is 10.1 Å². The smallest absolute Gasteiger partial charge is 0.352 e. The molecule has 1 aromatic carbocycles. The minimum atomic E-state index is -1.73. The molecule has 2 N–H and O–H groups in total. The fraction of sp³-hybridized carbons (Fsp3) is 0.261. The van der Waals surface area contributed by atoms with Gasteiger partial charge in [-0.05, 0) is 24.6 Å². The molecule has 4 heterocycles. The first-order valence-electron chi connectivity index (χ1n) is 11.2. The minimum absolute atomic E-state index is 0.0381. The maximum absolute atomic E-state index is 13.8. The average Bonchev–Trinajstić information content (AvgIpc) is 3.57. The minimum Gasteiger partial charge on any atom is -0.479 e. The van der Waals surface area contributed by atoms with Crippen LogP contribution in [0.2, 0.25) is 0 Å². The van der Waals surface area contributed by atoms with Crippen molar-refractivity contribution in [2.45, 2.75) is 29.3 Å². The van der Waals surface area contributed by atoms with Crippen molar-refractivity contribution in [3.63, 3.8) is 0 Å². The zero-order chi connectivity index (χ0) is 28.7. The Morgan fingerprint density at radius 3 is 2.60 bits per heavy atom. The summed E-state index contributed by atoms with van der Waals surface area (Å²) in [4.78, 5) is 38.7. The number of nitrogens with zero attached hydrogens (tertiary/aromatic N) is 3. The van der Waals surface area contributed by atoms with Gasteiger partial charge in [0.2, 0.25) is 11.6 Å². The lowest BCUT2D eigenvalue weighted by molar-refractivity contribution is -0.148. The zero-order valence-corrected chi connectivity index (χ0v) is 22.5. The summed E-state index contributed by atoms with van der Waals surface area (Å²) < 4.78 is 65.0. The predicted molar refractivity (Wildman–Crippen MR) is 134 cm³/mol. The molecule has 5 rings (SSSR count). The molecule has 0 spiro atoms. The Morgan fingerprint density at radius 2 is 1.95 bits per heavy atom. The summed E-state index contributed by atoms with van der Waals surface area (Å²) in [5.41, 5.74) is 0.394. The lowest BCUT2D eigenvalue weighted by atomic mass is 10.0. The van der Waals surface area contributed by atoms with Crippen LogP contribution in [0.5, 0.6) is 5.75 Å². The number of carboxylic acids is 1. The molecule has 0 saturated carbocycles. The van der Waals surface area contributed by atoms with E-state index in [1.807, 2.05) is 0 Å². The van der Waals surface area contributed by atoms with Crippen molar-refractivity contribution < 1.29 is 46.2 Å². The number of furan rings is 1. The van der Waals surface area contributed by atoms with E-state index in [2.05, 4.69) is 15.5 Å². The maximum atomic E-state index is 13.8. The number of halogens is 4. The molecule has 2 atom stereocenters. The molecular formula is C23H16F4N4O6S3. The summed E-state index contributed by atoms with van der Waals surface area (Å²) in [7, 11) is 0. The molecule has 40 heavy (non-hydrogen) atoms. The van der Waals surface area contributed by atoms with Crippen molar-refractivity contribution in [3.05, 3.63) is 69.3 Å². The third-order valence-corrected chi connectivity index (χ3v) is 9.13. The number of carbonyl (C=O) groups is 3. The molecule has 10 nitrogen and oxygen atoms in total. The van der Waals surface area contributed by atoms with Crippen LogP contribution in [0.15, 0.2) is 38.2 Å². The number of carbonyl (C=O) groups excluding carboxylic acids is 2. The number of β-lactam (4-membered cyclic amide) rings is 1. The first-order chi connectivity index (χ1) is 19.0. The molecule has 1 fully saturated rings. The molecule has 210 valence electrons. The van der Waals surface area contributed by atoms with Crippen molar-refractivity contribution in [1.82, 2.24) is 20.4 Å². The first-order valence-corrected chi connectivity index (χ1v) is 14.1. The van der Waals surface area contributed by atoms with E-state index >= 15 is 0 Å². The van der Waals surface area contributed by atoms with Gasteiger partial charge in [-0.3, -0.25) is 14.5 Å². The number of aryl methyl sites for hydroxylation is 1. The Hall–Kier alpha value is -3.57. The van der Waals surface area contributed by atoms with Crippen LogP contribution in [0.25, 0.3) is 0 Å². The van der Waals surface area contributed by atoms with Crippen LogP contribution in [-0.4, -0.2) is 60.9 Å². The van der Waals surface area contributed by atoms with Gasteiger partial charge in [-0.25, -0.2) is 13.6 Å². The Balaban J connectivity index is 1.22. The van der Waals surface area contributed by atoms with Crippen molar-refractivity contribution in [3.8, 4) is 5.75 Å². The van der Waals surface area contributed by atoms with Gasteiger partial charge >= 0.3 is 5.97 Å². The third-order valence-electron chi connectivity index (χ3n) is 5.73. The van der Waals surface area contributed by atoms with Gasteiger partial charge in [-0.1, -0.05) is 23.1 Å². The number of nitrogens with one attached hydrogen (secondary N) is 1. The number of carboxylic acid groups (broad SMARTS) is 1. The number of rotatable bonds is 9. The molecule has 0 unspecified atom stereocenters. The molecule has 17 heteroatoms. The van der Waals surface area contributed by atoms with Crippen LogP contribution in [0, 0.1) is 30.2 Å². The van der Waals surface area contributed by atoms with E-state index in [4.69, 9.17) is 9.15 Å². The van der Waals surface area contributed by atoms with Gasteiger partial charge < -0.3 is 19.6 Å². The number of aromatic nitrogens is 2. The van der Waals surface area contributed by atoms with Gasteiger partial charge in [0.15, 0.2) is 27.5 Å². The SMILES string of the molecule is Cc1nnc(SCC2=C(C(=O)O)N3C(=O)[C@@H](NC(=O)c4ccc(COc5c(F)c(F)cc(F)c5F)o4)[C@@H]3SC2)s1. The van der Waals surface area contributed by atoms with Gasteiger partial charge in [0.05, 0.1) is 0 Å². The lowest BCUT2D eigenvalue weighted by Gasteiger charge is -2.49. The highest BCUT2D eigenvalue weighted by atomic mass is 32.2. The van der Waals surface area contributed by atoms with E-state index in [0.29, 0.717) is 21.4 Å². The highest BCUT2D eigenvalue weighted by molar-refractivity contribution is 8.01. The fourth-order valence-corrected chi connectivity index (χ4v) is 7.19. The second kappa shape index (κ2) is 11.1. The molecule has 1 saturated heterocycles. The number of fused-ring (bicyclic) bond motifs is 1. The number of amides is 2. The van der Waals surface area contributed by atoms with Crippen LogP contribution >= 0.6 is 34.9 Å². The standard InChI is InChI=1S/C23H16F4N4O6S3/c1-8-29-30-23(40-8)39-7-9-6-38-21-16(20(33)31(21)17(9)22(34)35)28-19(32)13-3-2-10(37-13)5-36-18-14(26)11(24)4-12(25)15(18)27/h2-4,16,21H,5-7H2,1H3,(H,28,32)(H,34,35)/t16-,21+/m1/s1. The van der Waals surface area contributed by atoms with E-state index < -0.39 is 64.8 Å². The number of thioether (sulfide) groups is 2. The van der Waals surface area contributed by atoms with Gasteiger partial charge in [-0.15, -0.1) is 22.0 Å². The van der Waals surface area contributed by atoms with Crippen LogP contribution in [-0.2, 0) is 16.2 Å². The summed E-state index contributed by atoms with van der Waals surface area (Å²) in [6.45, 7) is 1.13. The fourth-order valence-electron chi connectivity index (χ4n) is 3.89. The molecule has 2 aliphatic heterocycles. The molecular weight excluding hydrogens is 600 g/mol. The molecule has 0 radical (unpaired) electrons. The molecule has 2 amide bonds. The second-order valence-corrected chi connectivity index (χ2v) is 11.9. The Bertz CT molecular complexity index is 1530. The zero-order valence-electron chi connectivity index (χ0n) is 20.1. The number of hydrogen-bond acceptors (Lipinski definition) is 10. The topological polar surface area (TPSA) is 135 Å². The average molecular weight is 617 g/mol. The predicted octanol–water partition coefficient (Wildman–Crippen LogP) is 3.72. The first kappa shape index (κ1) is 28.0. The molecule has 2 aromatic heterocycles. The number of ether oxygens (including phenoxy) is 1. The van der Waals surface area contributed by atoms with E-state index in [-0.39, 0.29) is 23.3 Å². The Kier molecular flexibility index (Phi) is 7.78. The van der Waals surface area contributed by atoms with E-state index in [1.54, 1.807) is 6.92 Å². The van der Waals surface area contributed by atoms with Crippen molar-refractivity contribution in [2.24, 2.45) is 0 Å². The van der Waals surface area contributed by atoms with E-state index in [9.17, 15) is 37.1 Å². The van der Waals surface area contributed by atoms with Gasteiger partial charge in [0.25, 0.3) is 11.8 Å². The van der Waals surface area contributed by atoms with Crippen molar-refractivity contribution in [2.75, 3.05) is 11.5 Å². The van der Waals surface area contributed by atoms with Crippen molar-refractivity contribution in [1.29, 1.82) is 0 Å². The van der Waals surface area contributed by atoms with Gasteiger partial charge in [-0.2, -0.15) is 8.78 Å². The molecule has 0 bridgehead atoms. The summed E-state index contributed by atoms with van der Waals surface area (Å²) in [6, 6.07) is 1.44. The van der Waals surface area contributed by atoms with Crippen LogP contribution in [0.3, 0.4) is 0 Å². The lowest BCUT2D eigenvalue weighted by Crippen LogP contribution is -2.70. The highest BCUT2D eigenvalue weighted by Gasteiger charge is 2.54. The van der Waals surface area contributed by atoms with Crippen molar-refractivity contribution >= 4 is 52.6 Å². The second-order valence-electron chi connectivity index (χ2n) is 8.35. The number of benzene rings is 1. The highest BCUT2D eigenvalue weighted by Crippen LogP contribution is 2.42. The Morgan fingerprint density at radius 1 is 1.23 bits per heavy atom. The normalized spacial score (nSPS) is 18.4.